The van der Waals surface area contributed by atoms with E-state index in [4.69, 9.17) is 0 Å². The summed E-state index contributed by atoms with van der Waals surface area (Å²) in [5.41, 5.74) is 1.61. The molecule has 0 aliphatic carbocycles. The van der Waals surface area contributed by atoms with Gasteiger partial charge >= 0.3 is 0 Å². The van der Waals surface area contributed by atoms with Gasteiger partial charge in [0.25, 0.3) is 5.91 Å². The van der Waals surface area contributed by atoms with Crippen LogP contribution in [0.15, 0.2) is 72.9 Å². The van der Waals surface area contributed by atoms with Crippen LogP contribution >= 0.6 is 0 Å². The Hall–Kier alpha value is -3.05. The Labute approximate surface area is 145 Å². The molecule has 0 bridgehead atoms. The Morgan fingerprint density at radius 3 is 2.44 bits per heavy atom. The fraction of sp³-hybridized carbons (Fsp3) is 0.150. The molecule has 5 nitrogen and oxygen atoms in total. The fourth-order valence-corrected chi connectivity index (χ4v) is 3.01. The Morgan fingerprint density at radius 1 is 0.960 bits per heavy atom. The van der Waals surface area contributed by atoms with Gasteiger partial charge in [0.2, 0.25) is 0 Å². The number of carbonyl (C=O) groups excluding carboxylic acids is 1. The topological polar surface area (TPSA) is 66.3 Å². The van der Waals surface area contributed by atoms with Gasteiger partial charge in [-0.05, 0) is 24.3 Å². The molecule has 1 aromatic carbocycles. The molecule has 1 amide bonds. The summed E-state index contributed by atoms with van der Waals surface area (Å²) >= 11 is 0. The quantitative estimate of drug-likeness (QED) is 0.801. The van der Waals surface area contributed by atoms with Crippen molar-refractivity contribution in [2.24, 2.45) is 0 Å². The highest BCUT2D eigenvalue weighted by atomic mass is 16.3. The summed E-state index contributed by atoms with van der Waals surface area (Å²) in [6.07, 6.45) is 1.64. The van der Waals surface area contributed by atoms with Crippen LogP contribution in [0.4, 0.5) is 0 Å². The van der Waals surface area contributed by atoms with Crippen molar-refractivity contribution in [1.82, 2.24) is 14.9 Å². The number of pyridine rings is 2. The molecule has 0 spiro atoms. The number of aromatic nitrogens is 2. The lowest BCUT2D eigenvalue weighted by Gasteiger charge is -2.45. The molecule has 0 atom stereocenters. The molecule has 124 valence electrons. The highest BCUT2D eigenvalue weighted by molar-refractivity contribution is 5.93. The molecule has 2 aromatic heterocycles. The van der Waals surface area contributed by atoms with E-state index < -0.39 is 5.60 Å². The van der Waals surface area contributed by atoms with E-state index >= 15 is 0 Å². The average Bonchev–Trinajstić information content (AvgIpc) is 2.66. The predicted molar refractivity (Wildman–Crippen MR) is 93.7 cm³/mol. The minimum absolute atomic E-state index is 0.182. The molecule has 1 fully saturated rings. The third kappa shape index (κ3) is 2.90. The summed E-state index contributed by atoms with van der Waals surface area (Å²) in [5, 5.41) is 10.6. The van der Waals surface area contributed by atoms with Gasteiger partial charge in [-0.1, -0.05) is 42.5 Å². The van der Waals surface area contributed by atoms with Crippen LogP contribution in [0.1, 0.15) is 16.2 Å². The third-order valence-electron chi connectivity index (χ3n) is 4.37. The van der Waals surface area contributed by atoms with Gasteiger partial charge in [0.15, 0.2) is 0 Å². The molecule has 3 aromatic rings. The summed E-state index contributed by atoms with van der Waals surface area (Å²) in [5.74, 6) is -0.182. The summed E-state index contributed by atoms with van der Waals surface area (Å²) in [6.45, 7) is 0.445. The zero-order valence-corrected chi connectivity index (χ0v) is 13.5. The second-order valence-corrected chi connectivity index (χ2v) is 6.18. The fourth-order valence-electron chi connectivity index (χ4n) is 3.01. The van der Waals surface area contributed by atoms with Gasteiger partial charge in [0, 0.05) is 11.8 Å². The molecule has 25 heavy (non-hydrogen) atoms. The number of hydrogen-bond donors (Lipinski definition) is 1. The van der Waals surface area contributed by atoms with Crippen molar-refractivity contribution in [3.63, 3.8) is 0 Å². The van der Waals surface area contributed by atoms with E-state index in [9.17, 15) is 9.90 Å². The number of rotatable bonds is 3. The lowest BCUT2D eigenvalue weighted by Crippen LogP contribution is -2.61. The van der Waals surface area contributed by atoms with E-state index in [1.54, 1.807) is 29.3 Å². The zero-order valence-electron chi connectivity index (χ0n) is 13.5. The van der Waals surface area contributed by atoms with E-state index in [0.29, 0.717) is 11.4 Å². The second-order valence-electron chi connectivity index (χ2n) is 6.18. The summed E-state index contributed by atoms with van der Waals surface area (Å²) in [6, 6.07) is 20.5. The van der Waals surface area contributed by atoms with Gasteiger partial charge < -0.3 is 10.0 Å². The Balaban J connectivity index is 1.52. The molecular weight excluding hydrogens is 314 g/mol. The maximum atomic E-state index is 12.7. The van der Waals surface area contributed by atoms with Gasteiger partial charge in [-0.3, -0.25) is 9.78 Å². The first-order valence-electron chi connectivity index (χ1n) is 8.11. The molecule has 3 heterocycles. The van der Waals surface area contributed by atoms with Crippen LogP contribution < -0.4 is 0 Å². The number of benzene rings is 1. The van der Waals surface area contributed by atoms with E-state index in [1.807, 2.05) is 48.5 Å². The summed E-state index contributed by atoms with van der Waals surface area (Å²) in [4.78, 5) is 22.9. The second kappa shape index (κ2) is 6.11. The first kappa shape index (κ1) is 15.5. The number of nitrogens with zero attached hydrogens (tertiary/aromatic N) is 3. The normalized spacial score (nSPS) is 15.5. The van der Waals surface area contributed by atoms with Crippen molar-refractivity contribution in [1.29, 1.82) is 0 Å². The molecule has 1 N–H and O–H groups in total. The van der Waals surface area contributed by atoms with Crippen LogP contribution in [-0.4, -0.2) is 39.0 Å². The van der Waals surface area contributed by atoms with E-state index in [2.05, 4.69) is 9.97 Å². The van der Waals surface area contributed by atoms with Crippen molar-refractivity contribution in [3.8, 4) is 11.3 Å². The Kier molecular flexibility index (Phi) is 3.78. The number of amides is 1. The molecular formula is C20H17N3O2. The lowest BCUT2D eigenvalue weighted by molar-refractivity contribution is -0.0893. The largest absolute Gasteiger partial charge is 0.380 e. The lowest BCUT2D eigenvalue weighted by atomic mass is 9.89. The predicted octanol–water partition coefficient (Wildman–Crippen LogP) is 2.49. The van der Waals surface area contributed by atoms with Crippen molar-refractivity contribution < 1.29 is 9.90 Å². The molecule has 0 saturated carbocycles. The molecule has 1 saturated heterocycles. The highest BCUT2D eigenvalue weighted by Gasteiger charge is 2.46. The minimum atomic E-state index is -1.08. The van der Waals surface area contributed by atoms with Gasteiger partial charge in [-0.15, -0.1) is 0 Å². The first-order chi connectivity index (χ1) is 12.2. The number of β-amino-alcohol motifs (C(OH)–C–C–N with tert-alkyl or cyclic N) is 1. The maximum absolute atomic E-state index is 12.7. The van der Waals surface area contributed by atoms with Crippen LogP contribution in [0.5, 0.6) is 0 Å². The zero-order chi connectivity index (χ0) is 17.3. The first-order valence-corrected chi connectivity index (χ1v) is 8.11. The molecule has 0 radical (unpaired) electrons. The number of carbonyl (C=O) groups is 1. The molecule has 0 unspecified atom stereocenters. The Bertz CT molecular complexity index is 891. The van der Waals surface area contributed by atoms with Gasteiger partial charge in [-0.2, -0.15) is 0 Å². The van der Waals surface area contributed by atoms with Crippen LogP contribution in [0, 0.1) is 0 Å². The smallest absolute Gasteiger partial charge is 0.272 e. The van der Waals surface area contributed by atoms with Crippen molar-refractivity contribution in [3.05, 3.63) is 84.3 Å². The molecule has 1 aliphatic rings. The number of likely N-dealkylation sites (tertiary alicyclic amines) is 1. The summed E-state index contributed by atoms with van der Waals surface area (Å²) in [7, 11) is 0. The third-order valence-corrected chi connectivity index (χ3v) is 4.37. The SMILES string of the molecule is O=C(c1cccc(-c2ccccc2)n1)N1CC(O)(c2ccccn2)C1. The van der Waals surface area contributed by atoms with E-state index in [0.717, 1.165) is 11.3 Å². The maximum Gasteiger partial charge on any atom is 0.272 e. The molecule has 5 heteroatoms. The van der Waals surface area contributed by atoms with Crippen molar-refractivity contribution in [2.45, 2.75) is 5.60 Å². The number of hydrogen-bond acceptors (Lipinski definition) is 4. The van der Waals surface area contributed by atoms with Crippen molar-refractivity contribution >= 4 is 5.91 Å². The summed E-state index contributed by atoms with van der Waals surface area (Å²) < 4.78 is 0. The van der Waals surface area contributed by atoms with Crippen LogP contribution in [0.25, 0.3) is 11.3 Å². The van der Waals surface area contributed by atoms with Gasteiger partial charge in [0.05, 0.1) is 24.5 Å². The van der Waals surface area contributed by atoms with Crippen LogP contribution in [0.3, 0.4) is 0 Å². The monoisotopic (exact) mass is 331 g/mol. The van der Waals surface area contributed by atoms with E-state index in [-0.39, 0.29) is 19.0 Å². The highest BCUT2D eigenvalue weighted by Crippen LogP contribution is 2.31. The van der Waals surface area contributed by atoms with Crippen molar-refractivity contribution in [2.75, 3.05) is 13.1 Å². The molecule has 1 aliphatic heterocycles. The van der Waals surface area contributed by atoms with Gasteiger partial charge in [0.1, 0.15) is 11.3 Å². The molecule has 4 rings (SSSR count). The minimum Gasteiger partial charge on any atom is -0.380 e. The standard InChI is InChI=1S/C20H17N3O2/c24-19(23-13-20(25,14-23)18-11-4-5-12-21-18)17-10-6-9-16(22-17)15-7-2-1-3-8-15/h1-12,25H,13-14H2. The Morgan fingerprint density at radius 2 is 1.72 bits per heavy atom. The van der Waals surface area contributed by atoms with Crippen LogP contribution in [0.2, 0.25) is 0 Å². The van der Waals surface area contributed by atoms with Crippen LogP contribution in [-0.2, 0) is 5.60 Å². The van der Waals surface area contributed by atoms with E-state index in [1.165, 1.54) is 0 Å². The average molecular weight is 331 g/mol. The van der Waals surface area contributed by atoms with Gasteiger partial charge in [-0.25, -0.2) is 4.98 Å². The number of aliphatic hydroxyl groups is 1.